The highest BCUT2D eigenvalue weighted by Crippen LogP contribution is 2.32. The molecule has 0 bridgehead atoms. The average Bonchev–Trinajstić information content (AvgIpc) is 2.54. The normalized spacial score (nSPS) is 19.6. The lowest BCUT2D eigenvalue weighted by atomic mass is 9.94. The van der Waals surface area contributed by atoms with Crippen LogP contribution in [0.15, 0.2) is 18.2 Å². The number of hydrogen-bond donors (Lipinski definition) is 0. The van der Waals surface area contributed by atoms with E-state index in [2.05, 4.69) is 13.8 Å². The van der Waals surface area contributed by atoms with E-state index in [4.69, 9.17) is 9.47 Å². The molecule has 1 aliphatic heterocycles. The summed E-state index contributed by atoms with van der Waals surface area (Å²) in [4.78, 5) is 14.5. The largest absolute Gasteiger partial charge is 0.497 e. The predicted octanol–water partition coefficient (Wildman–Crippen LogP) is 3.46. The van der Waals surface area contributed by atoms with E-state index < -0.39 is 0 Å². The number of benzene rings is 1. The van der Waals surface area contributed by atoms with E-state index in [0.29, 0.717) is 12.3 Å². The highest BCUT2D eigenvalue weighted by atomic mass is 16.5. The van der Waals surface area contributed by atoms with Gasteiger partial charge in [0.25, 0.3) is 0 Å². The maximum Gasteiger partial charge on any atom is 0.223 e. The number of carbonyl (C=O) groups is 1. The number of rotatable bonds is 5. The third-order valence-corrected chi connectivity index (χ3v) is 4.46. The summed E-state index contributed by atoms with van der Waals surface area (Å²) in [5.41, 5.74) is 1.06. The van der Waals surface area contributed by atoms with Crippen molar-refractivity contribution >= 4 is 5.91 Å². The maximum absolute atomic E-state index is 12.5. The Hall–Kier alpha value is -1.71. The van der Waals surface area contributed by atoms with Crippen molar-refractivity contribution in [3.63, 3.8) is 0 Å². The Morgan fingerprint density at radius 1 is 1.36 bits per heavy atom. The van der Waals surface area contributed by atoms with Crippen molar-refractivity contribution in [2.24, 2.45) is 5.92 Å². The molecule has 4 heteroatoms. The fourth-order valence-electron chi connectivity index (χ4n) is 3.14. The Morgan fingerprint density at radius 3 is 2.77 bits per heavy atom. The van der Waals surface area contributed by atoms with Gasteiger partial charge in [-0.1, -0.05) is 19.9 Å². The second-order valence-corrected chi connectivity index (χ2v) is 6.30. The molecule has 2 unspecified atom stereocenters. The number of nitrogens with zero attached hydrogens (tertiary/aromatic N) is 1. The Bertz CT molecular complexity index is 515. The topological polar surface area (TPSA) is 38.8 Å². The summed E-state index contributed by atoms with van der Waals surface area (Å²) >= 11 is 0. The lowest BCUT2D eigenvalue weighted by molar-refractivity contribution is -0.133. The number of amides is 1. The quantitative estimate of drug-likeness (QED) is 0.836. The molecule has 1 amide bonds. The van der Waals surface area contributed by atoms with E-state index in [-0.39, 0.29) is 11.8 Å². The smallest absolute Gasteiger partial charge is 0.223 e. The summed E-state index contributed by atoms with van der Waals surface area (Å²) in [5.74, 6) is 2.54. The number of carbonyl (C=O) groups excluding carboxylic acids is 1. The summed E-state index contributed by atoms with van der Waals surface area (Å²) in [6.45, 7) is 6.09. The van der Waals surface area contributed by atoms with Crippen molar-refractivity contribution in [3.05, 3.63) is 23.8 Å². The van der Waals surface area contributed by atoms with Crippen molar-refractivity contribution in [2.75, 3.05) is 27.3 Å². The van der Waals surface area contributed by atoms with Gasteiger partial charge >= 0.3 is 0 Å². The molecule has 4 nitrogen and oxygen atoms in total. The fourth-order valence-corrected chi connectivity index (χ4v) is 3.14. The van der Waals surface area contributed by atoms with Crippen LogP contribution in [0.2, 0.25) is 0 Å². The molecular formula is C18H27NO3. The number of ether oxygens (including phenoxy) is 2. The molecular weight excluding hydrogens is 278 g/mol. The van der Waals surface area contributed by atoms with Crippen molar-refractivity contribution in [2.45, 2.75) is 39.0 Å². The second kappa shape index (κ2) is 7.52. The summed E-state index contributed by atoms with van der Waals surface area (Å²) in [6, 6.07) is 5.79. The van der Waals surface area contributed by atoms with Gasteiger partial charge in [-0.2, -0.15) is 0 Å². The molecule has 2 atom stereocenters. The molecule has 122 valence electrons. The van der Waals surface area contributed by atoms with E-state index in [1.54, 1.807) is 14.2 Å². The molecule has 0 N–H and O–H groups in total. The van der Waals surface area contributed by atoms with Gasteiger partial charge in [0.1, 0.15) is 11.5 Å². The Balaban J connectivity index is 2.05. The second-order valence-electron chi connectivity index (χ2n) is 6.30. The van der Waals surface area contributed by atoms with Crippen molar-refractivity contribution in [1.29, 1.82) is 0 Å². The minimum absolute atomic E-state index is 0.130. The minimum Gasteiger partial charge on any atom is -0.497 e. The first-order valence-electron chi connectivity index (χ1n) is 8.04. The van der Waals surface area contributed by atoms with Gasteiger partial charge in [-0.3, -0.25) is 4.79 Å². The van der Waals surface area contributed by atoms with Gasteiger partial charge in [0.05, 0.1) is 14.2 Å². The van der Waals surface area contributed by atoms with E-state index >= 15 is 0 Å². The highest BCUT2D eigenvalue weighted by Gasteiger charge is 2.23. The van der Waals surface area contributed by atoms with Crippen LogP contribution >= 0.6 is 0 Å². The summed E-state index contributed by atoms with van der Waals surface area (Å²) in [7, 11) is 3.29. The molecule has 2 rings (SSSR count). The van der Waals surface area contributed by atoms with Crippen LogP contribution in [-0.2, 0) is 4.79 Å². The summed E-state index contributed by atoms with van der Waals surface area (Å²) < 4.78 is 10.7. The number of likely N-dealkylation sites (tertiary alicyclic amines) is 1. The molecule has 0 saturated carbocycles. The van der Waals surface area contributed by atoms with Gasteiger partial charge in [0, 0.05) is 25.6 Å². The average molecular weight is 305 g/mol. The Kier molecular flexibility index (Phi) is 5.69. The number of hydrogen-bond acceptors (Lipinski definition) is 3. The monoisotopic (exact) mass is 305 g/mol. The third-order valence-electron chi connectivity index (χ3n) is 4.46. The first kappa shape index (κ1) is 16.7. The van der Waals surface area contributed by atoms with Gasteiger partial charge in [-0.15, -0.1) is 0 Å². The van der Waals surface area contributed by atoms with E-state index in [1.807, 2.05) is 23.1 Å². The van der Waals surface area contributed by atoms with Crippen LogP contribution in [0.4, 0.5) is 0 Å². The lowest BCUT2D eigenvalue weighted by Gasteiger charge is -2.32. The van der Waals surface area contributed by atoms with Crippen LogP contribution in [0.5, 0.6) is 11.5 Å². The molecule has 1 heterocycles. The molecule has 0 radical (unpaired) electrons. The zero-order chi connectivity index (χ0) is 16.1. The standard InChI is InChI=1S/C18H27NO3/c1-13-6-5-9-19(12-13)18(20)10-14(2)16-8-7-15(21-3)11-17(16)22-4/h7-8,11,13-14H,5-6,9-10,12H2,1-4H3. The molecule has 0 aromatic heterocycles. The zero-order valence-corrected chi connectivity index (χ0v) is 14.1. The molecule has 1 aliphatic rings. The SMILES string of the molecule is COc1ccc(C(C)CC(=O)N2CCCC(C)C2)c(OC)c1. The minimum atomic E-state index is 0.130. The molecule has 0 spiro atoms. The van der Waals surface area contributed by atoms with Crippen molar-refractivity contribution in [1.82, 2.24) is 4.90 Å². The van der Waals surface area contributed by atoms with Crippen molar-refractivity contribution in [3.8, 4) is 11.5 Å². The molecule has 1 saturated heterocycles. The Labute approximate surface area is 133 Å². The van der Waals surface area contributed by atoms with Crippen LogP contribution in [0.3, 0.4) is 0 Å². The van der Waals surface area contributed by atoms with E-state index in [9.17, 15) is 4.79 Å². The van der Waals surface area contributed by atoms with Gasteiger partial charge in [0.2, 0.25) is 5.91 Å². The van der Waals surface area contributed by atoms with E-state index in [0.717, 1.165) is 36.6 Å². The first-order valence-corrected chi connectivity index (χ1v) is 8.04. The molecule has 1 aromatic rings. The number of piperidine rings is 1. The van der Waals surface area contributed by atoms with Crippen LogP contribution in [-0.4, -0.2) is 38.1 Å². The van der Waals surface area contributed by atoms with Gasteiger partial charge < -0.3 is 14.4 Å². The fraction of sp³-hybridized carbons (Fsp3) is 0.611. The van der Waals surface area contributed by atoms with Crippen molar-refractivity contribution < 1.29 is 14.3 Å². The van der Waals surface area contributed by atoms with Crippen LogP contribution in [0.25, 0.3) is 0 Å². The predicted molar refractivity (Wildman–Crippen MR) is 87.6 cm³/mol. The van der Waals surface area contributed by atoms with E-state index in [1.165, 1.54) is 6.42 Å². The molecule has 22 heavy (non-hydrogen) atoms. The third kappa shape index (κ3) is 3.93. The molecule has 1 aromatic carbocycles. The van der Waals surface area contributed by atoms with Gasteiger partial charge in [0.15, 0.2) is 0 Å². The molecule has 1 fully saturated rings. The summed E-state index contributed by atoms with van der Waals surface area (Å²) in [5, 5.41) is 0. The van der Waals surface area contributed by atoms with Gasteiger partial charge in [-0.05, 0) is 36.3 Å². The summed E-state index contributed by atoms with van der Waals surface area (Å²) in [6.07, 6.45) is 2.87. The number of methoxy groups -OCH3 is 2. The molecule has 0 aliphatic carbocycles. The first-order chi connectivity index (χ1) is 10.5. The lowest BCUT2D eigenvalue weighted by Crippen LogP contribution is -2.39. The highest BCUT2D eigenvalue weighted by molar-refractivity contribution is 5.77. The van der Waals surface area contributed by atoms with Crippen LogP contribution < -0.4 is 9.47 Å². The van der Waals surface area contributed by atoms with Gasteiger partial charge in [-0.25, -0.2) is 0 Å². The zero-order valence-electron chi connectivity index (χ0n) is 14.1. The van der Waals surface area contributed by atoms with Crippen LogP contribution in [0, 0.1) is 5.92 Å². The maximum atomic E-state index is 12.5. The van der Waals surface area contributed by atoms with Crippen LogP contribution in [0.1, 0.15) is 44.6 Å². The Morgan fingerprint density at radius 2 is 2.14 bits per heavy atom.